The summed E-state index contributed by atoms with van der Waals surface area (Å²) in [5, 5.41) is 3.19. The van der Waals surface area contributed by atoms with E-state index in [-0.39, 0.29) is 42.9 Å². The molecule has 7 heteroatoms. The molecule has 3 rings (SSSR count). The summed E-state index contributed by atoms with van der Waals surface area (Å²) in [6.07, 6.45) is 6.61. The lowest BCUT2D eigenvalue weighted by atomic mass is 9.84. The maximum absolute atomic E-state index is 12.5. The average molecular weight is 432 g/mol. The third kappa shape index (κ3) is 7.88. The Balaban J connectivity index is 0.00000196. The molecule has 2 fully saturated rings. The number of morpholine rings is 1. The number of halogens is 2. The van der Waals surface area contributed by atoms with Crippen LogP contribution in [0.5, 0.6) is 0 Å². The second-order valence-electron chi connectivity index (χ2n) is 7.73. The molecule has 0 radical (unpaired) electrons. The van der Waals surface area contributed by atoms with Crippen molar-refractivity contribution in [1.82, 2.24) is 10.2 Å². The first-order valence-electron chi connectivity index (χ1n) is 10.1. The van der Waals surface area contributed by atoms with Crippen molar-refractivity contribution in [3.8, 4) is 0 Å². The van der Waals surface area contributed by atoms with E-state index in [9.17, 15) is 4.79 Å². The third-order valence-electron chi connectivity index (χ3n) is 5.70. The molecule has 0 bridgehead atoms. The zero-order chi connectivity index (χ0) is 18.2. The van der Waals surface area contributed by atoms with Gasteiger partial charge in [0.25, 0.3) is 0 Å². The normalized spacial score (nSPS) is 21.8. The standard InChI is InChI=1S/C21H33N3O2.2ClH/c22-14-20(18-9-5-2-6-10-18)23-21(25)13-19-16-24(11-12-26-19)15-17-7-3-1-4-8-17;;/h1,3-4,7-8,18-20H,2,5-6,9-16,22H2,(H,23,25);2*1H. The fourth-order valence-electron chi connectivity index (χ4n) is 4.27. The van der Waals surface area contributed by atoms with Crippen LogP contribution in [0.2, 0.25) is 0 Å². The predicted molar refractivity (Wildman–Crippen MR) is 118 cm³/mol. The molecule has 1 amide bonds. The Morgan fingerprint density at radius 3 is 2.57 bits per heavy atom. The maximum atomic E-state index is 12.5. The van der Waals surface area contributed by atoms with Gasteiger partial charge in [-0.1, -0.05) is 49.6 Å². The number of nitrogens with two attached hydrogens (primary N) is 1. The summed E-state index contributed by atoms with van der Waals surface area (Å²) in [7, 11) is 0. The monoisotopic (exact) mass is 431 g/mol. The number of hydrogen-bond donors (Lipinski definition) is 2. The quantitative estimate of drug-likeness (QED) is 0.695. The number of benzene rings is 1. The van der Waals surface area contributed by atoms with Gasteiger partial charge in [-0.05, 0) is 24.3 Å². The van der Waals surface area contributed by atoms with Gasteiger partial charge in [-0.25, -0.2) is 0 Å². The van der Waals surface area contributed by atoms with Crippen molar-refractivity contribution < 1.29 is 9.53 Å². The van der Waals surface area contributed by atoms with Crippen molar-refractivity contribution in [2.24, 2.45) is 11.7 Å². The summed E-state index contributed by atoms with van der Waals surface area (Å²) >= 11 is 0. The van der Waals surface area contributed by atoms with E-state index in [1.165, 1.54) is 37.7 Å². The van der Waals surface area contributed by atoms with Gasteiger partial charge in [-0.2, -0.15) is 0 Å². The Morgan fingerprint density at radius 1 is 1.18 bits per heavy atom. The Hall–Kier alpha value is -0.850. The molecule has 1 aliphatic carbocycles. The van der Waals surface area contributed by atoms with Crippen molar-refractivity contribution in [3.05, 3.63) is 35.9 Å². The first kappa shape index (κ1) is 25.2. The highest BCUT2D eigenvalue weighted by Crippen LogP contribution is 2.26. The van der Waals surface area contributed by atoms with E-state index in [2.05, 4.69) is 34.5 Å². The molecule has 1 aromatic carbocycles. The first-order chi connectivity index (χ1) is 12.7. The Morgan fingerprint density at radius 2 is 1.89 bits per heavy atom. The van der Waals surface area contributed by atoms with Crippen LogP contribution in [0.3, 0.4) is 0 Å². The van der Waals surface area contributed by atoms with Crippen LogP contribution in [-0.4, -0.2) is 49.2 Å². The second kappa shape index (κ2) is 13.4. The lowest BCUT2D eigenvalue weighted by Crippen LogP contribution is -2.49. The number of nitrogens with zero attached hydrogens (tertiary/aromatic N) is 1. The lowest BCUT2D eigenvalue weighted by molar-refractivity contribution is -0.127. The maximum Gasteiger partial charge on any atom is 0.222 e. The van der Waals surface area contributed by atoms with E-state index >= 15 is 0 Å². The van der Waals surface area contributed by atoms with Crippen LogP contribution in [0.1, 0.15) is 44.1 Å². The molecule has 2 aliphatic rings. The number of hydrogen-bond acceptors (Lipinski definition) is 4. The van der Waals surface area contributed by atoms with Gasteiger partial charge >= 0.3 is 0 Å². The summed E-state index contributed by atoms with van der Waals surface area (Å²) in [5.74, 6) is 0.622. The molecular formula is C21H35Cl2N3O2. The van der Waals surface area contributed by atoms with Gasteiger partial charge in [-0.15, -0.1) is 24.8 Å². The summed E-state index contributed by atoms with van der Waals surface area (Å²) in [6, 6.07) is 10.6. The summed E-state index contributed by atoms with van der Waals surface area (Å²) in [4.78, 5) is 14.9. The Labute approximate surface area is 181 Å². The van der Waals surface area contributed by atoms with Gasteiger partial charge in [0, 0.05) is 32.2 Å². The van der Waals surface area contributed by atoms with Crippen molar-refractivity contribution >= 4 is 30.7 Å². The van der Waals surface area contributed by atoms with Crippen molar-refractivity contribution in [3.63, 3.8) is 0 Å². The molecule has 160 valence electrons. The number of ether oxygens (including phenoxy) is 1. The molecule has 28 heavy (non-hydrogen) atoms. The van der Waals surface area contributed by atoms with Gasteiger partial charge in [0.15, 0.2) is 0 Å². The van der Waals surface area contributed by atoms with E-state index in [0.29, 0.717) is 25.5 Å². The highest BCUT2D eigenvalue weighted by Gasteiger charge is 2.27. The molecule has 1 aliphatic heterocycles. The molecule has 2 atom stereocenters. The van der Waals surface area contributed by atoms with Crippen molar-refractivity contribution in [2.75, 3.05) is 26.2 Å². The van der Waals surface area contributed by atoms with E-state index < -0.39 is 0 Å². The van der Waals surface area contributed by atoms with Gasteiger partial charge in [0.1, 0.15) is 0 Å². The van der Waals surface area contributed by atoms with Gasteiger partial charge in [-0.3, -0.25) is 9.69 Å². The largest absolute Gasteiger partial charge is 0.375 e. The summed E-state index contributed by atoms with van der Waals surface area (Å²) in [6.45, 7) is 3.85. The second-order valence-corrected chi connectivity index (χ2v) is 7.73. The van der Waals surface area contributed by atoms with Crippen LogP contribution < -0.4 is 11.1 Å². The minimum Gasteiger partial charge on any atom is -0.375 e. The molecular weight excluding hydrogens is 397 g/mol. The zero-order valence-electron chi connectivity index (χ0n) is 16.6. The molecule has 2 unspecified atom stereocenters. The molecule has 0 aromatic heterocycles. The van der Waals surface area contributed by atoms with Crippen molar-refractivity contribution in [2.45, 2.75) is 57.2 Å². The zero-order valence-corrected chi connectivity index (χ0v) is 18.2. The van der Waals surface area contributed by atoms with E-state index in [4.69, 9.17) is 10.5 Å². The summed E-state index contributed by atoms with van der Waals surface area (Å²) < 4.78 is 5.84. The van der Waals surface area contributed by atoms with Crippen LogP contribution in [0.25, 0.3) is 0 Å². The molecule has 5 nitrogen and oxygen atoms in total. The fraction of sp³-hybridized carbons (Fsp3) is 0.667. The molecule has 1 saturated carbocycles. The van der Waals surface area contributed by atoms with Gasteiger partial charge < -0.3 is 15.8 Å². The van der Waals surface area contributed by atoms with Gasteiger partial charge in [0.2, 0.25) is 5.91 Å². The van der Waals surface area contributed by atoms with E-state index in [1.54, 1.807) is 0 Å². The SMILES string of the molecule is Cl.Cl.NCC(NC(=O)CC1CN(Cc2ccccc2)CCO1)C1CCCCC1. The topological polar surface area (TPSA) is 67.6 Å². The molecule has 1 aromatic rings. The average Bonchev–Trinajstić information content (AvgIpc) is 2.68. The number of nitrogens with one attached hydrogen (secondary N) is 1. The minimum absolute atomic E-state index is 0. The van der Waals surface area contributed by atoms with Crippen LogP contribution in [0, 0.1) is 5.92 Å². The van der Waals surface area contributed by atoms with Crippen LogP contribution in [0.4, 0.5) is 0 Å². The fourth-order valence-corrected chi connectivity index (χ4v) is 4.27. The molecule has 0 spiro atoms. The first-order valence-corrected chi connectivity index (χ1v) is 10.1. The van der Waals surface area contributed by atoms with Crippen molar-refractivity contribution in [1.29, 1.82) is 0 Å². The highest BCUT2D eigenvalue weighted by atomic mass is 35.5. The Bertz CT molecular complexity index is 556. The lowest BCUT2D eigenvalue weighted by Gasteiger charge is -2.34. The third-order valence-corrected chi connectivity index (χ3v) is 5.70. The minimum atomic E-state index is -0.0303. The predicted octanol–water partition coefficient (Wildman–Crippen LogP) is 3.14. The smallest absolute Gasteiger partial charge is 0.222 e. The number of amides is 1. The molecule has 3 N–H and O–H groups in total. The molecule has 1 heterocycles. The van der Waals surface area contributed by atoms with E-state index in [0.717, 1.165) is 19.6 Å². The Kier molecular flexibility index (Phi) is 12.0. The van der Waals surface area contributed by atoms with E-state index in [1.807, 2.05) is 6.07 Å². The van der Waals surface area contributed by atoms with Crippen LogP contribution in [0.15, 0.2) is 30.3 Å². The molecule has 1 saturated heterocycles. The van der Waals surface area contributed by atoms with Crippen LogP contribution >= 0.6 is 24.8 Å². The highest BCUT2D eigenvalue weighted by molar-refractivity contribution is 5.85. The number of rotatable bonds is 7. The summed E-state index contributed by atoms with van der Waals surface area (Å²) in [5.41, 5.74) is 7.24. The number of carbonyl (C=O) groups excluding carboxylic acids is 1. The van der Waals surface area contributed by atoms with Crippen LogP contribution in [-0.2, 0) is 16.1 Å². The number of carbonyl (C=O) groups is 1. The van der Waals surface area contributed by atoms with Gasteiger partial charge in [0.05, 0.1) is 19.1 Å².